The van der Waals surface area contributed by atoms with Crippen molar-refractivity contribution >= 4 is 40.6 Å². The monoisotopic (exact) mass is 414 g/mol. The van der Waals surface area contributed by atoms with E-state index in [0.29, 0.717) is 29.3 Å². The molecule has 1 aliphatic rings. The Bertz CT molecular complexity index is 942. The third-order valence-electron chi connectivity index (χ3n) is 4.00. The van der Waals surface area contributed by atoms with Crippen molar-refractivity contribution < 1.29 is 23.5 Å². The van der Waals surface area contributed by atoms with Gasteiger partial charge in [-0.25, -0.2) is 4.39 Å². The summed E-state index contributed by atoms with van der Waals surface area (Å²) in [7, 11) is 0. The van der Waals surface area contributed by atoms with E-state index in [1.54, 1.807) is 30.3 Å². The van der Waals surface area contributed by atoms with Crippen LogP contribution in [0.25, 0.3) is 6.08 Å². The van der Waals surface area contributed by atoms with Gasteiger partial charge in [-0.2, -0.15) is 0 Å². The summed E-state index contributed by atoms with van der Waals surface area (Å²) in [6, 6.07) is 12.3. The molecule has 0 atom stereocenters. The van der Waals surface area contributed by atoms with Crippen LogP contribution in [0.3, 0.4) is 0 Å². The van der Waals surface area contributed by atoms with Crippen LogP contribution in [0.4, 0.5) is 14.9 Å². The Balaban J connectivity index is 1.55. The normalized spacial score (nSPS) is 15.1. The molecule has 0 unspecified atom stereocenters. The molecule has 29 heavy (non-hydrogen) atoms. The molecule has 1 fully saturated rings. The summed E-state index contributed by atoms with van der Waals surface area (Å²) in [5, 5.41) is 2.35. The first-order chi connectivity index (χ1) is 14.0. The summed E-state index contributed by atoms with van der Waals surface area (Å²) < 4.78 is 18.3. The maximum Gasteiger partial charge on any atom is 0.293 e. The first kappa shape index (κ1) is 20.6. The molecule has 1 N–H and O–H groups in total. The molecule has 1 aliphatic heterocycles. The topological polar surface area (TPSA) is 75.7 Å². The van der Waals surface area contributed by atoms with Gasteiger partial charge in [-0.15, -0.1) is 0 Å². The van der Waals surface area contributed by atoms with E-state index in [0.717, 1.165) is 17.3 Å². The first-order valence-corrected chi connectivity index (χ1v) is 9.81. The average molecular weight is 414 g/mol. The van der Waals surface area contributed by atoms with Gasteiger partial charge in [0.2, 0.25) is 0 Å². The number of rotatable bonds is 7. The molecule has 1 heterocycles. The van der Waals surface area contributed by atoms with Crippen LogP contribution in [-0.2, 0) is 9.59 Å². The second-order valence-electron chi connectivity index (χ2n) is 6.25. The number of anilines is 1. The molecule has 3 amide bonds. The van der Waals surface area contributed by atoms with E-state index in [4.69, 9.17) is 4.74 Å². The smallest absolute Gasteiger partial charge is 0.293 e. The van der Waals surface area contributed by atoms with E-state index in [2.05, 4.69) is 5.32 Å². The largest absolute Gasteiger partial charge is 0.484 e. The lowest BCUT2D eigenvalue weighted by molar-refractivity contribution is -0.122. The number of carbonyl (C=O) groups excluding carboxylic acids is 3. The summed E-state index contributed by atoms with van der Waals surface area (Å²) in [6.45, 7) is 2.12. The van der Waals surface area contributed by atoms with Gasteiger partial charge in [0.05, 0.1) is 4.91 Å². The zero-order valence-electron chi connectivity index (χ0n) is 15.7. The fraction of sp³-hybridized carbons (Fsp3) is 0.190. The molecule has 2 aromatic carbocycles. The van der Waals surface area contributed by atoms with E-state index in [9.17, 15) is 18.8 Å². The van der Waals surface area contributed by atoms with Gasteiger partial charge in [-0.05, 0) is 66.2 Å². The van der Waals surface area contributed by atoms with Crippen molar-refractivity contribution in [2.45, 2.75) is 13.3 Å². The Kier molecular flexibility index (Phi) is 6.66. The minimum Gasteiger partial charge on any atom is -0.484 e. The molecule has 1 saturated heterocycles. The number of nitrogens with zero attached hydrogens (tertiary/aromatic N) is 1. The molecule has 0 spiro atoms. The van der Waals surface area contributed by atoms with Crippen molar-refractivity contribution in [3.05, 3.63) is 64.8 Å². The minimum absolute atomic E-state index is 0.202. The van der Waals surface area contributed by atoms with Crippen molar-refractivity contribution in [2.24, 2.45) is 0 Å². The molecule has 0 aliphatic carbocycles. The highest BCUT2D eigenvalue weighted by molar-refractivity contribution is 8.18. The lowest BCUT2D eigenvalue weighted by Crippen LogP contribution is -2.28. The highest BCUT2D eigenvalue weighted by Gasteiger charge is 2.34. The molecule has 0 aromatic heterocycles. The standard InChI is InChI=1S/C21H19FN2O4S/c1-2-11-24-20(26)18(29-21(24)27)12-14-3-9-17(10-4-14)28-13-19(25)23-16-7-5-15(22)6-8-16/h3-10,12H,2,11,13H2,1H3,(H,23,25)/b18-12+. The Hall–Kier alpha value is -3.13. The van der Waals surface area contributed by atoms with Gasteiger partial charge in [0, 0.05) is 12.2 Å². The maximum atomic E-state index is 12.9. The highest BCUT2D eigenvalue weighted by Crippen LogP contribution is 2.32. The number of hydrogen-bond acceptors (Lipinski definition) is 5. The summed E-state index contributed by atoms with van der Waals surface area (Å²) >= 11 is 0.928. The van der Waals surface area contributed by atoms with Crippen molar-refractivity contribution in [1.82, 2.24) is 4.90 Å². The number of amides is 3. The van der Waals surface area contributed by atoms with Crippen molar-refractivity contribution in [1.29, 1.82) is 0 Å². The fourth-order valence-electron chi connectivity index (χ4n) is 2.61. The van der Waals surface area contributed by atoms with Crippen LogP contribution in [0.1, 0.15) is 18.9 Å². The van der Waals surface area contributed by atoms with Crippen LogP contribution in [0.2, 0.25) is 0 Å². The number of thioether (sulfide) groups is 1. The third-order valence-corrected chi connectivity index (χ3v) is 4.90. The van der Waals surface area contributed by atoms with E-state index < -0.39 is 0 Å². The predicted octanol–water partition coefficient (Wildman–Crippen LogP) is 4.29. The van der Waals surface area contributed by atoms with E-state index >= 15 is 0 Å². The number of imide groups is 1. The summed E-state index contributed by atoms with van der Waals surface area (Å²) in [4.78, 5) is 37.7. The Labute approximate surface area is 171 Å². The van der Waals surface area contributed by atoms with E-state index in [-0.39, 0.29) is 29.5 Å². The number of carbonyl (C=O) groups is 3. The fourth-order valence-corrected chi connectivity index (χ4v) is 3.47. The van der Waals surface area contributed by atoms with Crippen LogP contribution in [0.5, 0.6) is 5.75 Å². The van der Waals surface area contributed by atoms with Gasteiger partial charge in [-0.1, -0.05) is 19.1 Å². The van der Waals surface area contributed by atoms with Gasteiger partial charge in [-0.3, -0.25) is 19.3 Å². The summed E-state index contributed by atoms with van der Waals surface area (Å²) in [5.41, 5.74) is 1.22. The summed E-state index contributed by atoms with van der Waals surface area (Å²) in [6.07, 6.45) is 2.37. The zero-order valence-corrected chi connectivity index (χ0v) is 16.5. The Morgan fingerprint density at radius 2 is 1.83 bits per heavy atom. The molecule has 0 radical (unpaired) electrons. The number of ether oxygens (including phenoxy) is 1. The van der Waals surface area contributed by atoms with E-state index in [1.165, 1.54) is 29.2 Å². The molecule has 150 valence electrons. The third kappa shape index (κ3) is 5.45. The van der Waals surface area contributed by atoms with E-state index in [1.807, 2.05) is 6.92 Å². The molecule has 3 rings (SSSR count). The molecule has 0 bridgehead atoms. The molecule has 6 nitrogen and oxygen atoms in total. The molecular weight excluding hydrogens is 395 g/mol. The maximum absolute atomic E-state index is 12.9. The van der Waals surface area contributed by atoms with Gasteiger partial charge in [0.15, 0.2) is 6.61 Å². The van der Waals surface area contributed by atoms with Gasteiger partial charge in [0.1, 0.15) is 11.6 Å². The number of halogens is 1. The Morgan fingerprint density at radius 3 is 2.48 bits per heavy atom. The highest BCUT2D eigenvalue weighted by atomic mass is 32.2. The second kappa shape index (κ2) is 9.38. The minimum atomic E-state index is -0.380. The number of hydrogen-bond donors (Lipinski definition) is 1. The zero-order chi connectivity index (χ0) is 20.8. The molecular formula is C21H19FN2O4S. The van der Waals surface area contributed by atoms with Gasteiger partial charge < -0.3 is 10.1 Å². The first-order valence-electron chi connectivity index (χ1n) is 9.00. The molecule has 2 aromatic rings. The van der Waals surface area contributed by atoms with Crippen LogP contribution in [-0.4, -0.2) is 35.1 Å². The van der Waals surface area contributed by atoms with Crippen LogP contribution in [0, 0.1) is 5.82 Å². The number of nitrogens with one attached hydrogen (secondary N) is 1. The Morgan fingerprint density at radius 1 is 1.14 bits per heavy atom. The second-order valence-corrected chi connectivity index (χ2v) is 7.24. The van der Waals surface area contributed by atoms with Crippen molar-refractivity contribution in [3.8, 4) is 5.75 Å². The number of benzene rings is 2. The van der Waals surface area contributed by atoms with Crippen molar-refractivity contribution in [2.75, 3.05) is 18.5 Å². The lowest BCUT2D eigenvalue weighted by Gasteiger charge is -2.09. The molecule has 0 saturated carbocycles. The van der Waals surface area contributed by atoms with Gasteiger partial charge in [0.25, 0.3) is 17.1 Å². The summed E-state index contributed by atoms with van der Waals surface area (Å²) in [5.74, 6) is -0.546. The van der Waals surface area contributed by atoms with Crippen LogP contribution < -0.4 is 10.1 Å². The van der Waals surface area contributed by atoms with Crippen LogP contribution >= 0.6 is 11.8 Å². The SMILES string of the molecule is CCCN1C(=O)S/C(=C/c2ccc(OCC(=O)Nc3ccc(F)cc3)cc2)C1=O. The van der Waals surface area contributed by atoms with Crippen molar-refractivity contribution in [3.63, 3.8) is 0 Å². The predicted molar refractivity (Wildman–Crippen MR) is 110 cm³/mol. The molecule has 8 heteroatoms. The quantitative estimate of drug-likeness (QED) is 0.684. The van der Waals surface area contributed by atoms with Gasteiger partial charge >= 0.3 is 0 Å². The van der Waals surface area contributed by atoms with Crippen LogP contribution in [0.15, 0.2) is 53.4 Å². The lowest BCUT2D eigenvalue weighted by atomic mass is 10.2. The average Bonchev–Trinajstić information content (AvgIpc) is 2.97.